The van der Waals surface area contributed by atoms with E-state index in [1.54, 1.807) is 6.20 Å². The second-order valence-corrected chi connectivity index (χ2v) is 9.46. The van der Waals surface area contributed by atoms with Gasteiger partial charge >= 0.3 is 0 Å². The average Bonchev–Trinajstić information content (AvgIpc) is 3.39. The summed E-state index contributed by atoms with van der Waals surface area (Å²) in [6.45, 7) is 4.39. The molecule has 0 aromatic carbocycles. The number of ether oxygens (including phenoxy) is 1. The Kier molecular flexibility index (Phi) is 5.14. The number of nitrogens with zero attached hydrogens (tertiary/aromatic N) is 4. The van der Waals surface area contributed by atoms with Crippen molar-refractivity contribution in [1.29, 1.82) is 4.78 Å². The maximum Gasteiger partial charge on any atom is 0.162 e. The predicted molar refractivity (Wildman–Crippen MR) is 115 cm³/mol. The highest BCUT2D eigenvalue weighted by Crippen LogP contribution is 2.51. The highest BCUT2D eigenvalue weighted by molar-refractivity contribution is 7.86. The second-order valence-electron chi connectivity index (χ2n) is 7.66. The van der Waals surface area contributed by atoms with E-state index in [1.807, 2.05) is 24.6 Å². The van der Waals surface area contributed by atoms with E-state index in [4.69, 9.17) is 19.5 Å². The van der Waals surface area contributed by atoms with Gasteiger partial charge in [-0.2, -0.15) is 0 Å². The summed E-state index contributed by atoms with van der Waals surface area (Å²) in [4.78, 5) is 19.8. The van der Waals surface area contributed by atoms with Crippen LogP contribution in [-0.4, -0.2) is 57.5 Å². The smallest absolute Gasteiger partial charge is 0.162 e. The zero-order valence-corrected chi connectivity index (χ0v) is 17.4. The molecule has 1 unspecified atom stereocenters. The number of nitrogens with one attached hydrogen (secondary N) is 2. The molecule has 8 nitrogen and oxygen atoms in total. The molecule has 4 heterocycles. The van der Waals surface area contributed by atoms with Gasteiger partial charge in [0.05, 0.1) is 29.7 Å². The number of anilines is 1. The number of fused-ring (bicyclic) bond motifs is 1. The molecular formula is C20H26N6O2S. The van der Waals surface area contributed by atoms with Crippen molar-refractivity contribution in [3.63, 3.8) is 0 Å². The Labute approximate surface area is 171 Å². The second kappa shape index (κ2) is 7.47. The first-order valence-corrected chi connectivity index (χ1v) is 11.3. The predicted octanol–water partition coefficient (Wildman–Crippen LogP) is 2.42. The Morgan fingerprint density at radius 1 is 1.31 bits per heavy atom. The minimum absolute atomic E-state index is 0. The van der Waals surface area contributed by atoms with E-state index in [2.05, 4.69) is 27.9 Å². The molecule has 154 valence electrons. The summed E-state index contributed by atoms with van der Waals surface area (Å²) in [5, 5.41) is 1.02. The molecule has 2 atom stereocenters. The van der Waals surface area contributed by atoms with E-state index in [0.717, 1.165) is 53.3 Å². The van der Waals surface area contributed by atoms with Crippen LogP contribution in [0.1, 0.15) is 25.5 Å². The fraction of sp³-hybridized carbons (Fsp3) is 0.450. The minimum atomic E-state index is -0.474. The first kappa shape index (κ1) is 19.9. The van der Waals surface area contributed by atoms with Gasteiger partial charge in [0.25, 0.3) is 0 Å². The zero-order chi connectivity index (χ0) is 19.3. The third-order valence-electron chi connectivity index (χ3n) is 5.83. The summed E-state index contributed by atoms with van der Waals surface area (Å²) in [7, 11) is -0.474. The SMILES string of the molecule is C[C@@H]1COCCN1c1cc(C2(S(C)=N)CC2)nc(-c2ccnc3[nH]ccc23)n1.O. The molecule has 1 saturated heterocycles. The van der Waals surface area contributed by atoms with Crippen LogP contribution in [0.25, 0.3) is 22.4 Å². The van der Waals surface area contributed by atoms with Gasteiger partial charge in [-0.15, -0.1) is 0 Å². The monoisotopic (exact) mass is 414 g/mol. The maximum atomic E-state index is 8.44. The average molecular weight is 415 g/mol. The first-order valence-electron chi connectivity index (χ1n) is 9.62. The molecule has 29 heavy (non-hydrogen) atoms. The van der Waals surface area contributed by atoms with Crippen molar-refractivity contribution in [3.8, 4) is 11.4 Å². The van der Waals surface area contributed by atoms with E-state index in [-0.39, 0.29) is 16.3 Å². The Morgan fingerprint density at radius 2 is 2.14 bits per heavy atom. The summed E-state index contributed by atoms with van der Waals surface area (Å²) in [6.07, 6.45) is 7.75. The molecule has 1 saturated carbocycles. The minimum Gasteiger partial charge on any atom is -0.412 e. The molecule has 0 amide bonds. The van der Waals surface area contributed by atoms with Gasteiger partial charge in [-0.05, 0) is 38.2 Å². The highest BCUT2D eigenvalue weighted by atomic mass is 32.2. The number of morpholine rings is 1. The van der Waals surface area contributed by atoms with Crippen molar-refractivity contribution in [2.24, 2.45) is 0 Å². The van der Waals surface area contributed by atoms with E-state index < -0.39 is 10.7 Å². The number of rotatable bonds is 4. The van der Waals surface area contributed by atoms with E-state index in [0.29, 0.717) is 13.2 Å². The van der Waals surface area contributed by atoms with Gasteiger partial charge < -0.3 is 20.1 Å². The Morgan fingerprint density at radius 3 is 2.86 bits per heavy atom. The summed E-state index contributed by atoms with van der Waals surface area (Å²) in [5.74, 6) is 1.66. The van der Waals surface area contributed by atoms with Gasteiger partial charge in [0, 0.05) is 36.0 Å². The lowest BCUT2D eigenvalue weighted by atomic mass is 10.1. The number of hydrogen-bond acceptors (Lipinski definition) is 6. The molecule has 0 spiro atoms. The van der Waals surface area contributed by atoms with Crippen molar-refractivity contribution in [2.75, 3.05) is 30.9 Å². The largest absolute Gasteiger partial charge is 0.412 e. The van der Waals surface area contributed by atoms with Crippen LogP contribution in [0, 0.1) is 4.78 Å². The van der Waals surface area contributed by atoms with E-state index in [9.17, 15) is 0 Å². The number of aromatic nitrogens is 4. The number of hydrogen-bond donors (Lipinski definition) is 2. The van der Waals surface area contributed by atoms with Crippen LogP contribution < -0.4 is 4.90 Å². The Balaban J connectivity index is 0.00000205. The molecule has 3 aromatic rings. The van der Waals surface area contributed by atoms with Gasteiger partial charge in [-0.25, -0.2) is 15.0 Å². The van der Waals surface area contributed by atoms with Crippen LogP contribution in [0.4, 0.5) is 5.82 Å². The van der Waals surface area contributed by atoms with Gasteiger partial charge in [0.2, 0.25) is 0 Å². The lowest BCUT2D eigenvalue weighted by Crippen LogP contribution is -2.44. The zero-order valence-electron chi connectivity index (χ0n) is 16.6. The molecule has 5 rings (SSSR count). The fourth-order valence-electron chi connectivity index (χ4n) is 3.99. The van der Waals surface area contributed by atoms with Crippen LogP contribution in [0.5, 0.6) is 0 Å². The third-order valence-corrected chi connectivity index (χ3v) is 7.62. The van der Waals surface area contributed by atoms with Gasteiger partial charge in [-0.1, -0.05) is 10.7 Å². The molecule has 0 bridgehead atoms. The van der Waals surface area contributed by atoms with Crippen LogP contribution in [0.3, 0.4) is 0 Å². The number of pyridine rings is 1. The topological polar surface area (TPSA) is 122 Å². The highest BCUT2D eigenvalue weighted by Gasteiger charge is 2.48. The van der Waals surface area contributed by atoms with E-state index >= 15 is 0 Å². The van der Waals surface area contributed by atoms with Crippen molar-refractivity contribution < 1.29 is 10.2 Å². The first-order chi connectivity index (χ1) is 13.6. The molecule has 4 N–H and O–H groups in total. The standard InChI is InChI=1S/C20H24N6OS.H2O/c1-13-12-27-10-9-26(13)17-11-16(20(5-6-20)28(2)21)24-19(25-17)15-4-8-23-18-14(15)3-7-22-18;/h3-4,7-8,11,13,21H,5-6,9-10,12H2,1-2H3,(H,22,23);1H2/t13-,28?;/m1./s1. The van der Waals surface area contributed by atoms with Gasteiger partial charge in [0.15, 0.2) is 5.82 Å². The number of H-pyrrole nitrogens is 1. The summed E-state index contributed by atoms with van der Waals surface area (Å²) in [5.41, 5.74) is 2.82. The van der Waals surface area contributed by atoms with Crippen molar-refractivity contribution in [2.45, 2.75) is 30.6 Å². The quantitative estimate of drug-likeness (QED) is 0.679. The third kappa shape index (κ3) is 3.33. The normalized spacial score (nSPS) is 21.6. The molecule has 2 fully saturated rings. The number of aromatic amines is 1. The molecule has 0 radical (unpaired) electrons. The van der Waals surface area contributed by atoms with Crippen LogP contribution in [0.15, 0.2) is 30.6 Å². The molecule has 1 aliphatic carbocycles. The molecule has 2 aliphatic rings. The van der Waals surface area contributed by atoms with Crippen LogP contribution in [-0.2, 0) is 20.2 Å². The van der Waals surface area contributed by atoms with Gasteiger partial charge in [0.1, 0.15) is 11.5 Å². The van der Waals surface area contributed by atoms with Crippen molar-refractivity contribution >= 4 is 27.5 Å². The Bertz CT molecular complexity index is 1060. The van der Waals surface area contributed by atoms with Crippen LogP contribution >= 0.6 is 0 Å². The summed E-state index contributed by atoms with van der Waals surface area (Å²) in [6, 6.07) is 6.38. The van der Waals surface area contributed by atoms with Crippen LogP contribution in [0.2, 0.25) is 0 Å². The Hall–Kier alpha value is -2.36. The molecule has 1 aliphatic heterocycles. The van der Waals surface area contributed by atoms with Crippen molar-refractivity contribution in [3.05, 3.63) is 36.3 Å². The summed E-state index contributed by atoms with van der Waals surface area (Å²) < 4.78 is 13.9. The molecule has 9 heteroatoms. The van der Waals surface area contributed by atoms with Crippen molar-refractivity contribution in [1.82, 2.24) is 19.9 Å². The van der Waals surface area contributed by atoms with Gasteiger partial charge in [-0.3, -0.25) is 4.78 Å². The lowest BCUT2D eigenvalue weighted by Gasteiger charge is -2.34. The summed E-state index contributed by atoms with van der Waals surface area (Å²) >= 11 is 0. The fourth-order valence-corrected chi connectivity index (χ4v) is 5.12. The van der Waals surface area contributed by atoms with E-state index in [1.165, 1.54) is 0 Å². The molecule has 3 aromatic heterocycles. The maximum absolute atomic E-state index is 8.44. The lowest BCUT2D eigenvalue weighted by molar-refractivity contribution is 0.0985. The molecular weight excluding hydrogens is 388 g/mol.